The van der Waals surface area contributed by atoms with E-state index in [0.29, 0.717) is 6.04 Å². The SMILES string of the molecule is CC(C)N1CCN(Cc2ccc(N3CCCCC3)cc2Oc2cccnc2)CC1. The van der Waals surface area contributed by atoms with Crippen LogP contribution in [0.3, 0.4) is 0 Å². The topological polar surface area (TPSA) is 31.8 Å². The van der Waals surface area contributed by atoms with Crippen molar-refractivity contribution in [3.63, 3.8) is 0 Å². The Morgan fingerprint density at radius 3 is 2.45 bits per heavy atom. The van der Waals surface area contributed by atoms with E-state index in [1.807, 2.05) is 12.1 Å². The summed E-state index contributed by atoms with van der Waals surface area (Å²) in [5, 5.41) is 0. The van der Waals surface area contributed by atoms with E-state index in [1.54, 1.807) is 12.4 Å². The molecular formula is C24H34N4O. The van der Waals surface area contributed by atoms with Crippen LogP contribution in [0.15, 0.2) is 42.7 Å². The van der Waals surface area contributed by atoms with Crippen LogP contribution in [0.4, 0.5) is 5.69 Å². The molecule has 5 nitrogen and oxygen atoms in total. The molecule has 2 aliphatic rings. The smallest absolute Gasteiger partial charge is 0.145 e. The summed E-state index contributed by atoms with van der Waals surface area (Å²) in [6.45, 7) is 12.3. The van der Waals surface area contributed by atoms with Crippen LogP contribution in [0.2, 0.25) is 0 Å². The molecule has 0 amide bonds. The quantitative estimate of drug-likeness (QED) is 0.725. The van der Waals surface area contributed by atoms with Crippen molar-refractivity contribution in [2.45, 2.75) is 45.7 Å². The number of piperidine rings is 1. The van der Waals surface area contributed by atoms with E-state index >= 15 is 0 Å². The maximum atomic E-state index is 6.32. The van der Waals surface area contributed by atoms with Crippen molar-refractivity contribution < 1.29 is 4.74 Å². The van der Waals surface area contributed by atoms with Gasteiger partial charge in [0.15, 0.2) is 0 Å². The van der Waals surface area contributed by atoms with Gasteiger partial charge in [0.2, 0.25) is 0 Å². The number of anilines is 1. The van der Waals surface area contributed by atoms with E-state index in [9.17, 15) is 0 Å². The number of benzene rings is 1. The highest BCUT2D eigenvalue weighted by Crippen LogP contribution is 2.32. The Morgan fingerprint density at radius 1 is 0.966 bits per heavy atom. The normalized spacial score (nSPS) is 18.9. The van der Waals surface area contributed by atoms with Gasteiger partial charge in [0.05, 0.1) is 6.20 Å². The fraction of sp³-hybridized carbons (Fsp3) is 0.542. The average Bonchev–Trinajstić information content (AvgIpc) is 2.77. The number of ether oxygens (including phenoxy) is 1. The Hall–Kier alpha value is -2.11. The van der Waals surface area contributed by atoms with Gasteiger partial charge in [-0.15, -0.1) is 0 Å². The molecule has 29 heavy (non-hydrogen) atoms. The highest BCUT2D eigenvalue weighted by molar-refractivity contribution is 5.55. The van der Waals surface area contributed by atoms with Gasteiger partial charge < -0.3 is 9.64 Å². The molecule has 2 saturated heterocycles. The largest absolute Gasteiger partial charge is 0.455 e. The second-order valence-electron chi connectivity index (χ2n) is 8.54. The molecule has 1 aromatic heterocycles. The van der Waals surface area contributed by atoms with Crippen LogP contribution >= 0.6 is 0 Å². The molecule has 0 saturated carbocycles. The molecule has 0 atom stereocenters. The number of pyridine rings is 1. The fourth-order valence-electron chi connectivity index (χ4n) is 4.33. The number of piperazine rings is 1. The molecule has 0 aliphatic carbocycles. The van der Waals surface area contributed by atoms with Crippen LogP contribution in [-0.2, 0) is 6.54 Å². The molecule has 0 unspecified atom stereocenters. The Bertz CT molecular complexity index is 766. The second-order valence-corrected chi connectivity index (χ2v) is 8.54. The zero-order chi connectivity index (χ0) is 20.1. The molecule has 1 aromatic carbocycles. The zero-order valence-corrected chi connectivity index (χ0v) is 17.9. The van der Waals surface area contributed by atoms with Crippen molar-refractivity contribution >= 4 is 5.69 Å². The lowest BCUT2D eigenvalue weighted by Crippen LogP contribution is -2.48. The van der Waals surface area contributed by atoms with Gasteiger partial charge >= 0.3 is 0 Å². The lowest BCUT2D eigenvalue weighted by Gasteiger charge is -2.37. The van der Waals surface area contributed by atoms with Crippen molar-refractivity contribution in [3.8, 4) is 11.5 Å². The maximum absolute atomic E-state index is 6.32. The summed E-state index contributed by atoms with van der Waals surface area (Å²) in [4.78, 5) is 11.8. The van der Waals surface area contributed by atoms with Crippen LogP contribution in [0.25, 0.3) is 0 Å². The predicted octanol–water partition coefficient (Wildman–Crippen LogP) is 4.39. The van der Waals surface area contributed by atoms with E-state index in [-0.39, 0.29) is 0 Å². The summed E-state index contributed by atoms with van der Waals surface area (Å²) < 4.78 is 6.32. The fourth-order valence-corrected chi connectivity index (χ4v) is 4.33. The minimum Gasteiger partial charge on any atom is -0.455 e. The summed E-state index contributed by atoms with van der Waals surface area (Å²) in [5.41, 5.74) is 2.53. The third-order valence-electron chi connectivity index (χ3n) is 6.17. The van der Waals surface area contributed by atoms with Crippen LogP contribution < -0.4 is 9.64 Å². The van der Waals surface area contributed by atoms with Gasteiger partial charge in [-0.25, -0.2) is 0 Å². The van der Waals surface area contributed by atoms with E-state index in [0.717, 1.165) is 57.3 Å². The summed E-state index contributed by atoms with van der Waals surface area (Å²) >= 11 is 0. The average molecular weight is 395 g/mol. The number of hydrogen-bond acceptors (Lipinski definition) is 5. The highest BCUT2D eigenvalue weighted by atomic mass is 16.5. The van der Waals surface area contributed by atoms with Gasteiger partial charge in [0, 0.05) is 75.4 Å². The van der Waals surface area contributed by atoms with Crippen molar-refractivity contribution in [1.29, 1.82) is 0 Å². The Labute approximate surface area is 175 Å². The summed E-state index contributed by atoms with van der Waals surface area (Å²) in [5.74, 6) is 1.77. The Kier molecular flexibility index (Phi) is 6.67. The number of nitrogens with zero attached hydrogens (tertiary/aromatic N) is 4. The molecule has 156 valence electrons. The van der Waals surface area contributed by atoms with E-state index in [1.165, 1.54) is 30.5 Å². The van der Waals surface area contributed by atoms with Crippen molar-refractivity contribution in [3.05, 3.63) is 48.3 Å². The standard InChI is InChI=1S/C24H34N4O/c1-20(2)27-15-13-26(14-16-27)19-21-8-9-22(28-11-4-3-5-12-28)17-24(21)29-23-7-6-10-25-18-23/h6-10,17-18,20H,3-5,11-16,19H2,1-2H3. The van der Waals surface area contributed by atoms with Gasteiger partial charge in [0.1, 0.15) is 11.5 Å². The molecule has 0 bridgehead atoms. The van der Waals surface area contributed by atoms with E-state index < -0.39 is 0 Å². The lowest BCUT2D eigenvalue weighted by molar-refractivity contribution is 0.103. The first-order chi connectivity index (χ1) is 14.2. The lowest BCUT2D eigenvalue weighted by atomic mass is 10.1. The first-order valence-electron chi connectivity index (χ1n) is 11.1. The molecule has 0 spiro atoms. The second kappa shape index (κ2) is 9.59. The monoisotopic (exact) mass is 394 g/mol. The summed E-state index contributed by atoms with van der Waals surface area (Å²) in [6, 6.07) is 11.3. The predicted molar refractivity (Wildman–Crippen MR) is 119 cm³/mol. The van der Waals surface area contributed by atoms with Gasteiger partial charge in [-0.2, -0.15) is 0 Å². The molecule has 5 heteroatoms. The molecule has 0 N–H and O–H groups in total. The first kappa shape index (κ1) is 20.2. The zero-order valence-electron chi connectivity index (χ0n) is 17.9. The highest BCUT2D eigenvalue weighted by Gasteiger charge is 2.21. The molecule has 2 fully saturated rings. The van der Waals surface area contributed by atoms with Crippen molar-refractivity contribution in [2.75, 3.05) is 44.2 Å². The molecular weight excluding hydrogens is 360 g/mol. The van der Waals surface area contributed by atoms with Crippen LogP contribution in [0, 0.1) is 0 Å². The van der Waals surface area contributed by atoms with E-state index in [4.69, 9.17) is 4.74 Å². The van der Waals surface area contributed by atoms with Crippen molar-refractivity contribution in [1.82, 2.24) is 14.8 Å². The molecule has 2 aromatic rings. The molecule has 0 radical (unpaired) electrons. The minimum absolute atomic E-state index is 0.630. The summed E-state index contributed by atoms with van der Waals surface area (Å²) in [6.07, 6.45) is 7.47. The van der Waals surface area contributed by atoms with Crippen LogP contribution in [-0.4, -0.2) is 60.1 Å². The summed E-state index contributed by atoms with van der Waals surface area (Å²) in [7, 11) is 0. The van der Waals surface area contributed by atoms with Crippen molar-refractivity contribution in [2.24, 2.45) is 0 Å². The number of aromatic nitrogens is 1. The van der Waals surface area contributed by atoms with Gasteiger partial charge in [-0.3, -0.25) is 14.8 Å². The van der Waals surface area contributed by atoms with E-state index in [2.05, 4.69) is 51.7 Å². The maximum Gasteiger partial charge on any atom is 0.145 e. The van der Waals surface area contributed by atoms with Gasteiger partial charge in [0.25, 0.3) is 0 Å². The van der Waals surface area contributed by atoms with Crippen LogP contribution in [0.1, 0.15) is 38.7 Å². The third-order valence-corrected chi connectivity index (χ3v) is 6.17. The first-order valence-corrected chi connectivity index (χ1v) is 11.1. The molecule has 2 aliphatic heterocycles. The molecule has 4 rings (SSSR count). The molecule has 3 heterocycles. The van der Waals surface area contributed by atoms with Gasteiger partial charge in [-0.05, 0) is 51.3 Å². The van der Waals surface area contributed by atoms with Gasteiger partial charge in [-0.1, -0.05) is 6.07 Å². The Morgan fingerprint density at radius 2 is 1.76 bits per heavy atom. The Balaban J connectivity index is 1.52. The minimum atomic E-state index is 0.630. The number of hydrogen-bond donors (Lipinski definition) is 0. The third kappa shape index (κ3) is 5.28. The van der Waals surface area contributed by atoms with Crippen LogP contribution in [0.5, 0.6) is 11.5 Å². The number of rotatable bonds is 6.